The second kappa shape index (κ2) is 6.91. The predicted molar refractivity (Wildman–Crippen MR) is 84.0 cm³/mol. The first-order valence-corrected chi connectivity index (χ1v) is 6.86. The lowest BCUT2D eigenvalue weighted by Gasteiger charge is -2.11. The highest BCUT2D eigenvalue weighted by Crippen LogP contribution is 2.29. The van der Waals surface area contributed by atoms with E-state index in [0.717, 1.165) is 10.8 Å². The largest absolute Gasteiger partial charge is 0.496 e. The van der Waals surface area contributed by atoms with E-state index in [1.165, 1.54) is 0 Å². The number of carboxylic acid groups (broad SMARTS) is 1. The smallest absolute Gasteiger partial charge is 0.320 e. The highest BCUT2D eigenvalue weighted by Gasteiger charge is 2.14. The lowest BCUT2D eigenvalue weighted by atomic mass is 10.1. The van der Waals surface area contributed by atoms with Crippen LogP contribution in [0.2, 0.25) is 0 Å². The summed E-state index contributed by atoms with van der Waals surface area (Å²) in [6.45, 7) is 0. The van der Waals surface area contributed by atoms with Gasteiger partial charge in [-0.15, -0.1) is 0 Å². The molecule has 0 aliphatic heterocycles. The van der Waals surface area contributed by atoms with Crippen LogP contribution in [0, 0.1) is 0 Å². The summed E-state index contributed by atoms with van der Waals surface area (Å²) in [5.41, 5.74) is 5.98. The fourth-order valence-corrected chi connectivity index (χ4v) is 2.15. The Morgan fingerprint density at radius 3 is 2.73 bits per heavy atom. The first-order chi connectivity index (χ1) is 10.5. The van der Waals surface area contributed by atoms with Crippen molar-refractivity contribution in [3.63, 3.8) is 0 Å². The van der Waals surface area contributed by atoms with Gasteiger partial charge in [0.2, 0.25) is 5.91 Å². The molecule has 0 bridgehead atoms. The van der Waals surface area contributed by atoms with Crippen LogP contribution in [-0.2, 0) is 9.59 Å². The molecule has 0 radical (unpaired) electrons. The van der Waals surface area contributed by atoms with Gasteiger partial charge in [0.15, 0.2) is 0 Å². The van der Waals surface area contributed by atoms with Gasteiger partial charge < -0.3 is 20.9 Å². The number of hydrogen-bond donors (Lipinski definition) is 3. The summed E-state index contributed by atoms with van der Waals surface area (Å²) in [4.78, 5) is 22.5. The number of nitrogens with two attached hydrogens (primary N) is 1. The summed E-state index contributed by atoms with van der Waals surface area (Å²) in [6.07, 6.45) is 0.133. The number of carbonyl (C=O) groups excluding carboxylic acids is 1. The molecule has 2 aromatic carbocycles. The molecule has 22 heavy (non-hydrogen) atoms. The third kappa shape index (κ3) is 3.73. The maximum absolute atomic E-state index is 11.9. The number of carboxylic acids is 1. The Labute approximate surface area is 127 Å². The molecule has 0 aliphatic carbocycles. The van der Waals surface area contributed by atoms with Gasteiger partial charge in [-0.1, -0.05) is 24.3 Å². The molecule has 0 aliphatic rings. The molecule has 0 heterocycles. The van der Waals surface area contributed by atoms with Gasteiger partial charge in [0.25, 0.3) is 0 Å². The monoisotopic (exact) mass is 302 g/mol. The SMILES string of the molecule is COc1cc(NC(=O)CC[C@H](N)C(=O)O)cc2ccccc12. The summed E-state index contributed by atoms with van der Waals surface area (Å²) >= 11 is 0. The zero-order valence-electron chi connectivity index (χ0n) is 12.2. The van der Waals surface area contributed by atoms with Crippen LogP contribution >= 0.6 is 0 Å². The number of rotatable bonds is 6. The van der Waals surface area contributed by atoms with E-state index >= 15 is 0 Å². The lowest BCUT2D eigenvalue weighted by molar-refractivity contribution is -0.138. The van der Waals surface area contributed by atoms with Gasteiger partial charge in [-0.3, -0.25) is 9.59 Å². The van der Waals surface area contributed by atoms with Gasteiger partial charge in [-0.2, -0.15) is 0 Å². The molecule has 0 fully saturated rings. The molecule has 0 saturated heterocycles. The molecule has 0 saturated carbocycles. The van der Waals surface area contributed by atoms with Gasteiger partial charge in [-0.25, -0.2) is 0 Å². The van der Waals surface area contributed by atoms with Crippen LogP contribution in [0.5, 0.6) is 5.75 Å². The van der Waals surface area contributed by atoms with E-state index in [9.17, 15) is 9.59 Å². The van der Waals surface area contributed by atoms with Crippen LogP contribution in [0.25, 0.3) is 10.8 Å². The van der Waals surface area contributed by atoms with Crippen molar-refractivity contribution in [1.29, 1.82) is 0 Å². The van der Waals surface area contributed by atoms with Gasteiger partial charge in [0, 0.05) is 23.6 Å². The van der Waals surface area contributed by atoms with E-state index in [-0.39, 0.29) is 18.7 Å². The van der Waals surface area contributed by atoms with Crippen molar-refractivity contribution in [3.05, 3.63) is 36.4 Å². The number of benzene rings is 2. The molecular formula is C16H18N2O4. The molecule has 0 spiro atoms. The maximum Gasteiger partial charge on any atom is 0.320 e. The Morgan fingerprint density at radius 2 is 2.05 bits per heavy atom. The zero-order chi connectivity index (χ0) is 16.1. The van der Waals surface area contributed by atoms with Crippen molar-refractivity contribution in [2.45, 2.75) is 18.9 Å². The van der Waals surface area contributed by atoms with Crippen molar-refractivity contribution in [2.24, 2.45) is 5.73 Å². The van der Waals surface area contributed by atoms with E-state index in [1.807, 2.05) is 30.3 Å². The minimum Gasteiger partial charge on any atom is -0.496 e. The third-order valence-electron chi connectivity index (χ3n) is 3.33. The van der Waals surface area contributed by atoms with Gasteiger partial charge in [-0.05, 0) is 17.9 Å². The number of methoxy groups -OCH3 is 1. The van der Waals surface area contributed by atoms with Crippen LogP contribution in [0.15, 0.2) is 36.4 Å². The Bertz CT molecular complexity index is 700. The highest BCUT2D eigenvalue weighted by molar-refractivity contribution is 5.97. The minimum absolute atomic E-state index is 0.0443. The van der Waals surface area contributed by atoms with Crippen molar-refractivity contribution < 1.29 is 19.4 Å². The van der Waals surface area contributed by atoms with Gasteiger partial charge >= 0.3 is 5.97 Å². The minimum atomic E-state index is -1.11. The molecule has 116 valence electrons. The van der Waals surface area contributed by atoms with Crippen LogP contribution in [0.4, 0.5) is 5.69 Å². The molecular weight excluding hydrogens is 284 g/mol. The quantitative estimate of drug-likeness (QED) is 0.757. The number of fused-ring (bicyclic) bond motifs is 1. The van der Waals surface area contributed by atoms with Crippen molar-refractivity contribution >= 4 is 28.3 Å². The molecule has 4 N–H and O–H groups in total. The van der Waals surface area contributed by atoms with Crippen molar-refractivity contribution in [1.82, 2.24) is 0 Å². The number of ether oxygens (including phenoxy) is 1. The molecule has 1 amide bonds. The van der Waals surface area contributed by atoms with E-state index in [1.54, 1.807) is 13.2 Å². The second-order valence-electron chi connectivity index (χ2n) is 4.93. The second-order valence-corrected chi connectivity index (χ2v) is 4.93. The van der Waals surface area contributed by atoms with Crippen molar-refractivity contribution in [3.8, 4) is 5.75 Å². The van der Waals surface area contributed by atoms with Crippen LogP contribution in [0.1, 0.15) is 12.8 Å². The van der Waals surface area contributed by atoms with E-state index in [2.05, 4.69) is 5.32 Å². The standard InChI is InChI=1S/C16H18N2O4/c1-22-14-9-11(8-10-4-2-3-5-12(10)14)18-15(19)7-6-13(17)16(20)21/h2-5,8-9,13H,6-7,17H2,1H3,(H,18,19)(H,20,21)/t13-/m0/s1. The molecule has 0 unspecified atom stereocenters. The highest BCUT2D eigenvalue weighted by atomic mass is 16.5. The third-order valence-corrected chi connectivity index (χ3v) is 3.33. The number of aliphatic carboxylic acids is 1. The van der Waals surface area contributed by atoms with Crippen LogP contribution in [0.3, 0.4) is 0 Å². The summed E-state index contributed by atoms with van der Waals surface area (Å²) < 4.78 is 5.33. The summed E-state index contributed by atoms with van der Waals surface area (Å²) in [5.74, 6) is -0.732. The predicted octanol–water partition coefficient (Wildman–Crippen LogP) is 1.98. The average Bonchev–Trinajstić information content (AvgIpc) is 2.51. The Balaban J connectivity index is 2.11. The zero-order valence-corrected chi connectivity index (χ0v) is 12.2. The van der Waals surface area contributed by atoms with Gasteiger partial charge in [0.05, 0.1) is 7.11 Å². The number of nitrogens with one attached hydrogen (secondary N) is 1. The number of amides is 1. The molecule has 1 atom stereocenters. The number of hydrogen-bond acceptors (Lipinski definition) is 4. The van der Waals surface area contributed by atoms with Crippen LogP contribution < -0.4 is 15.8 Å². The first-order valence-electron chi connectivity index (χ1n) is 6.86. The van der Waals surface area contributed by atoms with E-state index in [4.69, 9.17) is 15.6 Å². The maximum atomic E-state index is 11.9. The Morgan fingerprint density at radius 1 is 1.32 bits per heavy atom. The molecule has 6 nitrogen and oxygen atoms in total. The molecule has 6 heteroatoms. The molecule has 2 aromatic rings. The summed E-state index contributed by atoms with van der Waals surface area (Å²) in [6, 6.07) is 10.2. The Hall–Kier alpha value is -2.60. The lowest BCUT2D eigenvalue weighted by Crippen LogP contribution is -2.31. The fraction of sp³-hybridized carbons (Fsp3) is 0.250. The number of anilines is 1. The Kier molecular flexibility index (Phi) is 4.95. The normalized spacial score (nSPS) is 11.9. The van der Waals surface area contributed by atoms with Crippen molar-refractivity contribution in [2.75, 3.05) is 12.4 Å². The topological polar surface area (TPSA) is 102 Å². The summed E-state index contributed by atoms with van der Waals surface area (Å²) in [5, 5.41) is 13.3. The molecule has 2 rings (SSSR count). The molecule has 0 aromatic heterocycles. The van der Waals surface area contributed by atoms with Crippen LogP contribution in [-0.4, -0.2) is 30.1 Å². The fourth-order valence-electron chi connectivity index (χ4n) is 2.15. The first kappa shape index (κ1) is 15.8. The average molecular weight is 302 g/mol. The number of carbonyl (C=O) groups is 2. The van der Waals surface area contributed by atoms with E-state index < -0.39 is 12.0 Å². The van der Waals surface area contributed by atoms with Gasteiger partial charge in [0.1, 0.15) is 11.8 Å². The summed E-state index contributed by atoms with van der Waals surface area (Å²) in [7, 11) is 1.57. The van der Waals surface area contributed by atoms with E-state index in [0.29, 0.717) is 11.4 Å².